The van der Waals surface area contributed by atoms with E-state index in [-0.39, 0.29) is 18.0 Å². The number of urea groups is 1. The Hall–Kier alpha value is -3.20. The fourth-order valence-corrected chi connectivity index (χ4v) is 4.69. The summed E-state index contributed by atoms with van der Waals surface area (Å²) < 4.78 is 6.24. The minimum atomic E-state index is -0.190. The van der Waals surface area contributed by atoms with Gasteiger partial charge < -0.3 is 15.0 Å². The molecule has 0 aliphatic carbocycles. The molecule has 3 aromatic rings. The van der Waals surface area contributed by atoms with E-state index in [9.17, 15) is 9.59 Å². The van der Waals surface area contributed by atoms with Crippen molar-refractivity contribution < 1.29 is 14.3 Å². The van der Waals surface area contributed by atoms with Crippen LogP contribution >= 0.6 is 11.3 Å². The Morgan fingerprint density at radius 1 is 1.24 bits per heavy atom. The number of rotatable bonds is 7. The molecule has 1 fully saturated rings. The van der Waals surface area contributed by atoms with Gasteiger partial charge in [-0.15, -0.1) is 0 Å². The monoisotopic (exact) mass is 467 g/mol. The van der Waals surface area contributed by atoms with Crippen molar-refractivity contribution in [2.24, 2.45) is 5.92 Å². The molecular weight excluding hydrogens is 438 g/mol. The lowest BCUT2D eigenvalue weighted by Crippen LogP contribution is -2.39. The highest BCUT2D eigenvalue weighted by molar-refractivity contribution is 7.22. The van der Waals surface area contributed by atoms with Crippen LogP contribution in [0.4, 0.5) is 9.93 Å². The molecule has 1 unspecified atom stereocenters. The van der Waals surface area contributed by atoms with E-state index in [1.807, 2.05) is 24.3 Å². The van der Waals surface area contributed by atoms with Crippen molar-refractivity contribution in [2.45, 2.75) is 39.2 Å². The zero-order chi connectivity index (χ0) is 23.4. The van der Waals surface area contributed by atoms with Gasteiger partial charge in [-0.2, -0.15) is 0 Å². The van der Waals surface area contributed by atoms with E-state index in [0.29, 0.717) is 36.3 Å². The van der Waals surface area contributed by atoms with Crippen LogP contribution in [0.2, 0.25) is 0 Å². The number of pyridine rings is 1. The van der Waals surface area contributed by atoms with Crippen LogP contribution in [0.5, 0.6) is 5.75 Å². The number of carbonyl (C=O) groups is 2. The van der Waals surface area contributed by atoms with Gasteiger partial charge >= 0.3 is 6.03 Å². The predicted molar refractivity (Wildman–Crippen MR) is 131 cm³/mol. The third kappa shape index (κ3) is 5.78. The molecule has 0 saturated carbocycles. The summed E-state index contributed by atoms with van der Waals surface area (Å²) in [5.41, 5.74) is 2.78. The first-order chi connectivity index (χ1) is 15.9. The summed E-state index contributed by atoms with van der Waals surface area (Å²) in [4.78, 5) is 35.3. The summed E-state index contributed by atoms with van der Waals surface area (Å²) in [6.45, 7) is 5.33. The maximum Gasteiger partial charge on any atom is 0.323 e. The molecule has 0 bridgehead atoms. The fourth-order valence-electron chi connectivity index (χ4n) is 3.80. The smallest absolute Gasteiger partial charge is 0.323 e. The Labute approximate surface area is 197 Å². The van der Waals surface area contributed by atoms with E-state index in [0.717, 1.165) is 34.2 Å². The average molecular weight is 468 g/mol. The van der Waals surface area contributed by atoms with E-state index in [1.54, 1.807) is 24.4 Å². The molecule has 2 N–H and O–H groups in total. The van der Waals surface area contributed by atoms with Gasteiger partial charge in [-0.25, -0.2) is 9.78 Å². The Morgan fingerprint density at radius 2 is 2.09 bits per heavy atom. The quantitative estimate of drug-likeness (QED) is 0.532. The first-order valence-corrected chi connectivity index (χ1v) is 12.0. The number of nitrogens with zero attached hydrogens (tertiary/aromatic N) is 3. The number of amides is 3. The van der Waals surface area contributed by atoms with Gasteiger partial charge in [0.15, 0.2) is 5.13 Å². The molecule has 8 nitrogen and oxygen atoms in total. The molecule has 3 heterocycles. The highest BCUT2D eigenvalue weighted by atomic mass is 32.1. The van der Waals surface area contributed by atoms with Crippen molar-refractivity contribution in [2.75, 3.05) is 25.5 Å². The molecule has 2 aromatic heterocycles. The predicted octanol–water partition coefficient (Wildman–Crippen LogP) is 4.53. The first-order valence-electron chi connectivity index (χ1n) is 11.2. The zero-order valence-corrected chi connectivity index (χ0v) is 19.9. The molecule has 1 aliphatic heterocycles. The topological polar surface area (TPSA) is 96.5 Å². The highest BCUT2D eigenvalue weighted by Gasteiger charge is 2.27. The Bertz CT molecular complexity index is 1150. The van der Waals surface area contributed by atoms with Crippen LogP contribution < -0.4 is 15.4 Å². The second kappa shape index (κ2) is 10.2. The van der Waals surface area contributed by atoms with Crippen LogP contribution in [0.15, 0.2) is 36.7 Å². The maximum atomic E-state index is 12.7. The number of hydrogen-bond donors (Lipinski definition) is 2. The Balaban J connectivity index is 1.37. The summed E-state index contributed by atoms with van der Waals surface area (Å²) >= 11 is 1.43. The largest absolute Gasteiger partial charge is 0.495 e. The van der Waals surface area contributed by atoms with Crippen molar-refractivity contribution in [3.05, 3.63) is 36.7 Å². The minimum absolute atomic E-state index is 0.00445. The number of thiazole rings is 1. The summed E-state index contributed by atoms with van der Waals surface area (Å²) in [5, 5.41) is 6.52. The molecule has 4 rings (SSSR count). The van der Waals surface area contributed by atoms with E-state index in [2.05, 4.69) is 34.4 Å². The number of nitrogens with one attached hydrogen (secondary N) is 2. The van der Waals surface area contributed by atoms with Gasteiger partial charge in [-0.3, -0.25) is 15.1 Å². The lowest BCUT2D eigenvalue weighted by Gasteiger charge is -2.17. The molecule has 174 valence electrons. The molecule has 1 aliphatic rings. The van der Waals surface area contributed by atoms with Gasteiger partial charge in [0, 0.05) is 37.3 Å². The number of ether oxygens (including phenoxy) is 1. The molecule has 9 heteroatoms. The van der Waals surface area contributed by atoms with Gasteiger partial charge in [0.2, 0.25) is 5.91 Å². The van der Waals surface area contributed by atoms with E-state index >= 15 is 0 Å². The minimum Gasteiger partial charge on any atom is -0.495 e. The normalized spacial score (nSPS) is 15.8. The Kier molecular flexibility index (Phi) is 7.08. The van der Waals surface area contributed by atoms with Crippen LogP contribution in [0.25, 0.3) is 21.3 Å². The van der Waals surface area contributed by atoms with E-state index < -0.39 is 0 Å². The zero-order valence-electron chi connectivity index (χ0n) is 19.1. The number of fused-ring (bicyclic) bond motifs is 1. The van der Waals surface area contributed by atoms with Crippen molar-refractivity contribution >= 4 is 38.6 Å². The first kappa shape index (κ1) is 23.0. The molecule has 0 radical (unpaired) electrons. The molecule has 3 amide bonds. The number of anilines is 1. The second-order valence-corrected chi connectivity index (χ2v) is 9.71. The number of likely N-dealkylation sites (tertiary alicyclic amines) is 1. The molecule has 0 spiro atoms. The highest BCUT2D eigenvalue weighted by Crippen LogP contribution is 2.31. The van der Waals surface area contributed by atoms with Crippen LogP contribution in [-0.2, 0) is 4.79 Å². The van der Waals surface area contributed by atoms with E-state index in [1.165, 1.54) is 11.3 Å². The van der Waals surface area contributed by atoms with Crippen molar-refractivity contribution in [1.82, 2.24) is 20.2 Å². The van der Waals surface area contributed by atoms with Gasteiger partial charge in [-0.1, -0.05) is 31.3 Å². The van der Waals surface area contributed by atoms with Crippen molar-refractivity contribution in [3.8, 4) is 16.9 Å². The summed E-state index contributed by atoms with van der Waals surface area (Å²) in [7, 11) is 1.62. The number of carbonyl (C=O) groups excluding carboxylic acids is 2. The van der Waals surface area contributed by atoms with E-state index in [4.69, 9.17) is 4.74 Å². The van der Waals surface area contributed by atoms with Crippen molar-refractivity contribution in [1.29, 1.82) is 0 Å². The van der Waals surface area contributed by atoms with Crippen LogP contribution in [0, 0.1) is 5.92 Å². The van der Waals surface area contributed by atoms with Gasteiger partial charge in [0.25, 0.3) is 0 Å². The van der Waals surface area contributed by atoms with Crippen molar-refractivity contribution in [3.63, 3.8) is 0 Å². The number of hydrogen-bond acceptors (Lipinski definition) is 6. The molecule has 33 heavy (non-hydrogen) atoms. The SMILES string of the molecule is COc1cncc(-c2ccc3nc(NC(=O)N4CCC(NC(=O)CCC(C)C)C4)sc3c2)c1. The second-order valence-electron chi connectivity index (χ2n) is 8.68. The lowest BCUT2D eigenvalue weighted by atomic mass is 10.1. The maximum absolute atomic E-state index is 12.7. The van der Waals surface area contributed by atoms with Crippen LogP contribution in [0.1, 0.15) is 33.1 Å². The van der Waals surface area contributed by atoms with Gasteiger partial charge in [0.05, 0.1) is 23.5 Å². The molecule has 1 atom stereocenters. The third-order valence-electron chi connectivity index (χ3n) is 5.67. The molecule has 1 aromatic carbocycles. The Morgan fingerprint density at radius 3 is 2.88 bits per heavy atom. The third-order valence-corrected chi connectivity index (χ3v) is 6.61. The number of benzene rings is 1. The van der Waals surface area contributed by atoms with Gasteiger partial charge in [-0.05, 0) is 42.5 Å². The number of methoxy groups -OCH3 is 1. The summed E-state index contributed by atoms with van der Waals surface area (Å²) in [6, 6.07) is 7.71. The number of aromatic nitrogens is 2. The molecular formula is C24H29N5O3S. The molecule has 1 saturated heterocycles. The fraction of sp³-hybridized carbons (Fsp3) is 0.417. The van der Waals surface area contributed by atoms with Crippen LogP contribution in [0.3, 0.4) is 0 Å². The average Bonchev–Trinajstić information content (AvgIpc) is 3.43. The lowest BCUT2D eigenvalue weighted by molar-refractivity contribution is -0.122. The summed E-state index contributed by atoms with van der Waals surface area (Å²) in [6.07, 6.45) is 5.62. The standard InChI is InChI=1S/C24H29N5O3S/c1-15(2)4-7-22(30)26-18-8-9-29(14-18)24(31)28-23-27-20-6-5-16(11-21(20)33-23)17-10-19(32-3)13-25-12-17/h5-6,10-13,15,18H,4,7-9,14H2,1-3H3,(H,26,30)(H,27,28,31). The van der Waals surface area contributed by atoms with Gasteiger partial charge in [0.1, 0.15) is 5.75 Å². The summed E-state index contributed by atoms with van der Waals surface area (Å²) in [5.74, 6) is 1.26. The van der Waals surface area contributed by atoms with Crippen LogP contribution in [-0.4, -0.2) is 53.0 Å².